The molecule has 198 valence electrons. The topological polar surface area (TPSA) is 88.5 Å². The summed E-state index contributed by atoms with van der Waals surface area (Å²) in [5.74, 6) is 1.37. The van der Waals surface area contributed by atoms with Gasteiger partial charge in [-0.2, -0.15) is 13.2 Å². The summed E-state index contributed by atoms with van der Waals surface area (Å²) in [6, 6.07) is 3.85. The third-order valence-corrected chi connectivity index (χ3v) is 8.07. The number of hydrogen-bond donors (Lipinski definition) is 0. The van der Waals surface area contributed by atoms with Gasteiger partial charge in [-0.25, -0.2) is 23.4 Å². The Hall–Kier alpha value is -2.47. The van der Waals surface area contributed by atoms with E-state index in [1.54, 1.807) is 13.0 Å². The average molecular weight is 528 g/mol. The minimum absolute atomic E-state index is 0.0481. The molecule has 2 aromatic rings. The lowest BCUT2D eigenvalue weighted by atomic mass is 9.85. The zero-order valence-corrected chi connectivity index (χ0v) is 21.5. The van der Waals surface area contributed by atoms with Gasteiger partial charge < -0.3 is 9.64 Å². The van der Waals surface area contributed by atoms with Gasteiger partial charge in [-0.3, -0.25) is 4.90 Å². The SMILES string of the molecule is Cc1nc(S(C)(=O)=O)ccc1OC[C@H]1CC[C@H](N2CCN(c3ncc(C(F)(F)F)cn3)C[C@@H]2C)CC1. The second-order valence-corrected chi connectivity index (χ2v) is 11.8. The van der Waals surface area contributed by atoms with Crippen LogP contribution >= 0.6 is 0 Å². The molecule has 0 amide bonds. The van der Waals surface area contributed by atoms with Crippen LogP contribution in [0, 0.1) is 12.8 Å². The fraction of sp³-hybridized carbons (Fsp3) is 0.625. The predicted octanol–water partition coefficient (Wildman–Crippen LogP) is 3.75. The number of pyridine rings is 1. The van der Waals surface area contributed by atoms with E-state index in [0.29, 0.717) is 49.0 Å². The summed E-state index contributed by atoms with van der Waals surface area (Å²) in [7, 11) is -3.35. The van der Waals surface area contributed by atoms with Gasteiger partial charge in [-0.05, 0) is 57.6 Å². The summed E-state index contributed by atoms with van der Waals surface area (Å²) in [5, 5.41) is 0.0481. The molecule has 1 aliphatic heterocycles. The Labute approximate surface area is 209 Å². The lowest BCUT2D eigenvalue weighted by molar-refractivity contribution is -0.138. The van der Waals surface area contributed by atoms with Gasteiger partial charge in [0.25, 0.3) is 0 Å². The summed E-state index contributed by atoms with van der Waals surface area (Å²) in [6.45, 7) is 6.62. The van der Waals surface area contributed by atoms with E-state index in [4.69, 9.17) is 4.74 Å². The van der Waals surface area contributed by atoms with Crippen LogP contribution in [0.4, 0.5) is 19.1 Å². The molecule has 2 aromatic heterocycles. The minimum Gasteiger partial charge on any atom is -0.491 e. The summed E-state index contributed by atoms with van der Waals surface area (Å²) in [4.78, 5) is 16.5. The molecule has 0 spiro atoms. The monoisotopic (exact) mass is 527 g/mol. The number of alkyl halides is 3. The zero-order valence-electron chi connectivity index (χ0n) is 20.7. The predicted molar refractivity (Wildman–Crippen MR) is 129 cm³/mol. The van der Waals surface area contributed by atoms with Crippen LogP contribution in [0.5, 0.6) is 5.75 Å². The molecule has 36 heavy (non-hydrogen) atoms. The molecule has 0 radical (unpaired) electrons. The van der Waals surface area contributed by atoms with Crippen molar-refractivity contribution in [1.29, 1.82) is 0 Å². The number of aryl methyl sites for hydroxylation is 1. The van der Waals surface area contributed by atoms with Crippen molar-refractivity contribution in [2.75, 3.05) is 37.4 Å². The number of rotatable bonds is 6. The molecule has 0 unspecified atom stereocenters. The van der Waals surface area contributed by atoms with Crippen LogP contribution in [0.1, 0.15) is 43.9 Å². The molecule has 8 nitrogen and oxygen atoms in total. The van der Waals surface area contributed by atoms with Crippen molar-refractivity contribution in [2.45, 2.75) is 62.8 Å². The molecule has 1 aliphatic carbocycles. The van der Waals surface area contributed by atoms with Gasteiger partial charge in [0.2, 0.25) is 5.95 Å². The van der Waals surface area contributed by atoms with E-state index in [0.717, 1.165) is 50.9 Å². The van der Waals surface area contributed by atoms with Gasteiger partial charge >= 0.3 is 6.18 Å². The lowest BCUT2D eigenvalue weighted by Crippen LogP contribution is -2.56. The van der Waals surface area contributed by atoms with Gasteiger partial charge in [-0.15, -0.1) is 0 Å². The highest BCUT2D eigenvalue weighted by Gasteiger charge is 2.34. The van der Waals surface area contributed by atoms with Crippen LogP contribution in [0.3, 0.4) is 0 Å². The molecule has 2 aliphatic rings. The second kappa shape index (κ2) is 10.5. The number of nitrogens with zero attached hydrogens (tertiary/aromatic N) is 5. The first-order chi connectivity index (χ1) is 16.9. The van der Waals surface area contributed by atoms with Gasteiger partial charge in [0.15, 0.2) is 14.9 Å². The van der Waals surface area contributed by atoms with Crippen molar-refractivity contribution in [3.8, 4) is 5.75 Å². The van der Waals surface area contributed by atoms with E-state index in [1.165, 1.54) is 6.07 Å². The Kier molecular flexibility index (Phi) is 7.75. The molecule has 1 atom stereocenters. The van der Waals surface area contributed by atoms with E-state index < -0.39 is 21.6 Å². The highest BCUT2D eigenvalue weighted by Crippen LogP contribution is 2.32. The Balaban J connectivity index is 1.25. The highest BCUT2D eigenvalue weighted by atomic mass is 32.2. The van der Waals surface area contributed by atoms with Crippen LogP contribution in [0.2, 0.25) is 0 Å². The Bertz CT molecular complexity index is 1150. The smallest absolute Gasteiger partial charge is 0.419 e. The Morgan fingerprint density at radius 3 is 2.31 bits per heavy atom. The van der Waals surface area contributed by atoms with Crippen molar-refractivity contribution in [2.24, 2.45) is 5.92 Å². The van der Waals surface area contributed by atoms with Crippen molar-refractivity contribution >= 4 is 15.8 Å². The average Bonchev–Trinajstić information content (AvgIpc) is 2.82. The maximum Gasteiger partial charge on any atom is 0.419 e. The summed E-state index contributed by atoms with van der Waals surface area (Å²) in [6.07, 6.45) is 2.57. The maximum atomic E-state index is 12.8. The van der Waals surface area contributed by atoms with Gasteiger partial charge in [-0.1, -0.05) is 0 Å². The zero-order chi connectivity index (χ0) is 26.1. The fourth-order valence-corrected chi connectivity index (χ4v) is 5.68. The van der Waals surface area contributed by atoms with Crippen molar-refractivity contribution in [1.82, 2.24) is 19.9 Å². The molecule has 0 bridgehead atoms. The van der Waals surface area contributed by atoms with Crippen molar-refractivity contribution in [3.05, 3.63) is 35.8 Å². The number of aromatic nitrogens is 3. The summed E-state index contributed by atoms with van der Waals surface area (Å²) >= 11 is 0. The van der Waals surface area contributed by atoms with Gasteiger partial charge in [0, 0.05) is 50.4 Å². The van der Waals surface area contributed by atoms with Gasteiger partial charge in [0.1, 0.15) is 5.75 Å². The Morgan fingerprint density at radius 1 is 1.08 bits per heavy atom. The van der Waals surface area contributed by atoms with E-state index >= 15 is 0 Å². The first-order valence-electron chi connectivity index (χ1n) is 12.1. The second-order valence-electron chi connectivity index (χ2n) is 9.79. The van der Waals surface area contributed by atoms with Crippen LogP contribution in [-0.4, -0.2) is 72.9 Å². The van der Waals surface area contributed by atoms with E-state index in [2.05, 4.69) is 26.8 Å². The number of hydrogen-bond acceptors (Lipinski definition) is 8. The molecule has 3 heterocycles. The highest BCUT2D eigenvalue weighted by molar-refractivity contribution is 7.90. The summed E-state index contributed by atoms with van der Waals surface area (Å²) in [5.41, 5.74) is -0.272. The normalized spacial score (nSPS) is 24.1. The molecule has 0 aromatic carbocycles. The fourth-order valence-electron chi connectivity index (χ4n) is 5.06. The number of ether oxygens (including phenoxy) is 1. The van der Waals surface area contributed by atoms with Crippen LogP contribution in [-0.2, 0) is 16.0 Å². The maximum absolute atomic E-state index is 12.8. The third-order valence-electron chi connectivity index (χ3n) is 7.08. The van der Waals surface area contributed by atoms with Crippen LogP contribution < -0.4 is 9.64 Å². The molecule has 1 saturated carbocycles. The standard InChI is InChI=1S/C24H32F3N5O3S/c1-16-14-31(23-28-12-19(13-29-23)24(25,26)27)10-11-32(16)20-6-4-18(5-7-20)15-35-21-8-9-22(30-17(21)2)36(3,33)34/h8-9,12-13,16,18,20H,4-7,10-11,14-15H2,1-3H3/t16-,18-,20-/m0/s1. The number of halogens is 3. The van der Waals surface area contributed by atoms with E-state index in [9.17, 15) is 21.6 Å². The molecular weight excluding hydrogens is 495 g/mol. The largest absolute Gasteiger partial charge is 0.491 e. The number of sulfone groups is 1. The number of piperazine rings is 1. The first kappa shape index (κ1) is 26.6. The van der Waals surface area contributed by atoms with Crippen molar-refractivity contribution < 1.29 is 26.3 Å². The third kappa shape index (κ3) is 6.26. The van der Waals surface area contributed by atoms with E-state index in [-0.39, 0.29) is 11.1 Å². The number of anilines is 1. The molecule has 4 rings (SSSR count). The first-order valence-corrected chi connectivity index (χ1v) is 14.0. The van der Waals surface area contributed by atoms with Crippen LogP contribution in [0.25, 0.3) is 0 Å². The molecule has 12 heteroatoms. The molecule has 2 fully saturated rings. The van der Waals surface area contributed by atoms with Gasteiger partial charge in [0.05, 0.1) is 17.9 Å². The molecular formula is C24H32F3N5O3S. The Morgan fingerprint density at radius 2 is 1.75 bits per heavy atom. The van der Waals surface area contributed by atoms with Crippen molar-refractivity contribution in [3.63, 3.8) is 0 Å². The quantitative estimate of drug-likeness (QED) is 0.561. The molecule has 0 N–H and O–H groups in total. The van der Waals surface area contributed by atoms with E-state index in [1.807, 2.05) is 4.90 Å². The summed E-state index contributed by atoms with van der Waals surface area (Å²) < 4.78 is 67.7. The lowest BCUT2D eigenvalue weighted by Gasteiger charge is -2.46. The minimum atomic E-state index is -4.44. The van der Waals surface area contributed by atoms with Crippen LogP contribution in [0.15, 0.2) is 29.6 Å². The molecule has 1 saturated heterocycles.